The molecule has 3 nitrogen and oxygen atoms in total. The summed E-state index contributed by atoms with van der Waals surface area (Å²) in [6.45, 7) is 3.75. The van der Waals surface area contributed by atoms with E-state index >= 15 is 0 Å². The van der Waals surface area contributed by atoms with Crippen LogP contribution < -0.4 is 5.32 Å². The largest absolute Gasteiger partial charge is 0.324 e. The molecule has 1 aromatic carbocycles. The Hall–Kier alpha value is -1.87. The van der Waals surface area contributed by atoms with Gasteiger partial charge in [0.1, 0.15) is 0 Å². The highest BCUT2D eigenvalue weighted by molar-refractivity contribution is 6.31. The summed E-state index contributed by atoms with van der Waals surface area (Å²) in [6.07, 6.45) is 1.81. The van der Waals surface area contributed by atoms with Crippen LogP contribution in [0.15, 0.2) is 41.4 Å². The van der Waals surface area contributed by atoms with Crippen LogP contribution in [0.1, 0.15) is 18.3 Å². The fourth-order valence-corrected chi connectivity index (χ4v) is 1.69. The molecule has 0 unspecified atom stereocenters. The summed E-state index contributed by atoms with van der Waals surface area (Å²) >= 11 is 5.86. The zero-order valence-corrected chi connectivity index (χ0v) is 11.1. The Kier molecular flexibility index (Phi) is 3.95. The fraction of sp³-hybridized carbons (Fsp3) is 0.143. The molecular formula is C14H14ClN3. The van der Waals surface area contributed by atoms with Gasteiger partial charge in [-0.1, -0.05) is 29.8 Å². The Morgan fingerprint density at radius 1 is 1.22 bits per heavy atom. The molecule has 92 valence electrons. The number of aryl methyl sites for hydroxylation is 1. The van der Waals surface area contributed by atoms with E-state index in [-0.39, 0.29) is 0 Å². The first-order chi connectivity index (χ1) is 8.63. The Balaban J connectivity index is 2.29. The van der Waals surface area contributed by atoms with Crippen LogP contribution in [0, 0.1) is 6.92 Å². The molecule has 1 aromatic heterocycles. The number of anilines is 2. The van der Waals surface area contributed by atoms with Gasteiger partial charge in [0.25, 0.3) is 0 Å². The van der Waals surface area contributed by atoms with Gasteiger partial charge in [0, 0.05) is 16.4 Å². The second-order valence-corrected chi connectivity index (χ2v) is 4.58. The SMILES string of the molecule is C/C(Cl)=C\c1cc(C)nc(Nc2ccccc2)n1. The topological polar surface area (TPSA) is 37.8 Å². The lowest BCUT2D eigenvalue weighted by molar-refractivity contribution is 1.09. The predicted octanol–water partition coefficient (Wildman–Crippen LogP) is 4.13. The summed E-state index contributed by atoms with van der Waals surface area (Å²) in [5.74, 6) is 0.574. The molecule has 2 rings (SSSR count). The van der Waals surface area contributed by atoms with E-state index < -0.39 is 0 Å². The van der Waals surface area contributed by atoms with Gasteiger partial charge in [-0.25, -0.2) is 9.97 Å². The van der Waals surface area contributed by atoms with Gasteiger partial charge in [-0.2, -0.15) is 0 Å². The molecule has 0 spiro atoms. The summed E-state index contributed by atoms with van der Waals surface area (Å²) in [7, 11) is 0. The lowest BCUT2D eigenvalue weighted by Gasteiger charge is -2.06. The maximum absolute atomic E-state index is 5.86. The van der Waals surface area contributed by atoms with Crippen LogP contribution in [0.4, 0.5) is 11.6 Å². The zero-order valence-electron chi connectivity index (χ0n) is 10.3. The minimum absolute atomic E-state index is 0.574. The van der Waals surface area contributed by atoms with Crippen molar-refractivity contribution in [1.82, 2.24) is 9.97 Å². The predicted molar refractivity (Wildman–Crippen MR) is 76.0 cm³/mol. The monoisotopic (exact) mass is 259 g/mol. The lowest BCUT2D eigenvalue weighted by Crippen LogP contribution is -1.99. The average molecular weight is 260 g/mol. The van der Waals surface area contributed by atoms with E-state index in [0.717, 1.165) is 17.1 Å². The van der Waals surface area contributed by atoms with Gasteiger partial charge >= 0.3 is 0 Å². The summed E-state index contributed by atoms with van der Waals surface area (Å²) in [5, 5.41) is 3.86. The minimum atomic E-state index is 0.574. The van der Waals surface area contributed by atoms with Crippen molar-refractivity contribution in [3.8, 4) is 0 Å². The summed E-state index contributed by atoms with van der Waals surface area (Å²) < 4.78 is 0. The maximum atomic E-state index is 5.86. The highest BCUT2D eigenvalue weighted by Crippen LogP contribution is 2.15. The number of hydrogen-bond donors (Lipinski definition) is 1. The quantitative estimate of drug-likeness (QED) is 0.901. The number of halogens is 1. The number of benzene rings is 1. The van der Waals surface area contributed by atoms with Crippen molar-refractivity contribution < 1.29 is 0 Å². The van der Waals surface area contributed by atoms with Crippen molar-refractivity contribution in [1.29, 1.82) is 0 Å². The number of allylic oxidation sites excluding steroid dienone is 1. The molecule has 1 heterocycles. The minimum Gasteiger partial charge on any atom is -0.324 e. The Bertz CT molecular complexity index is 561. The van der Waals surface area contributed by atoms with Gasteiger partial charge in [-0.05, 0) is 38.1 Å². The molecule has 0 atom stereocenters. The van der Waals surface area contributed by atoms with Crippen molar-refractivity contribution in [3.63, 3.8) is 0 Å². The molecule has 1 N–H and O–H groups in total. The third-order valence-corrected chi connectivity index (χ3v) is 2.36. The van der Waals surface area contributed by atoms with E-state index in [0.29, 0.717) is 11.0 Å². The molecule has 0 aliphatic carbocycles. The first-order valence-corrected chi connectivity index (χ1v) is 6.03. The van der Waals surface area contributed by atoms with E-state index in [1.165, 1.54) is 0 Å². The fourth-order valence-electron chi connectivity index (χ4n) is 1.58. The third-order valence-electron chi connectivity index (χ3n) is 2.25. The molecule has 18 heavy (non-hydrogen) atoms. The number of nitrogens with one attached hydrogen (secondary N) is 1. The Labute approximate surface area is 112 Å². The standard InChI is InChI=1S/C14H14ClN3/c1-10(15)8-13-9-11(2)16-14(18-13)17-12-6-4-3-5-7-12/h3-9H,1-2H3,(H,16,17,18)/b10-8+. The highest BCUT2D eigenvalue weighted by Gasteiger charge is 2.01. The molecular weight excluding hydrogens is 246 g/mol. The molecule has 0 bridgehead atoms. The highest BCUT2D eigenvalue weighted by atomic mass is 35.5. The number of aromatic nitrogens is 2. The summed E-state index contributed by atoms with van der Waals surface area (Å²) in [6, 6.07) is 11.7. The van der Waals surface area contributed by atoms with Crippen LogP contribution >= 0.6 is 11.6 Å². The van der Waals surface area contributed by atoms with E-state index in [2.05, 4.69) is 15.3 Å². The van der Waals surface area contributed by atoms with Crippen LogP contribution in [-0.2, 0) is 0 Å². The number of para-hydroxylation sites is 1. The van der Waals surface area contributed by atoms with E-state index in [4.69, 9.17) is 11.6 Å². The van der Waals surface area contributed by atoms with Gasteiger partial charge in [0.2, 0.25) is 5.95 Å². The number of rotatable bonds is 3. The van der Waals surface area contributed by atoms with Gasteiger partial charge in [-0.3, -0.25) is 0 Å². The van der Waals surface area contributed by atoms with Crippen molar-refractivity contribution in [2.45, 2.75) is 13.8 Å². The maximum Gasteiger partial charge on any atom is 0.227 e. The van der Waals surface area contributed by atoms with Crippen LogP contribution in [0.3, 0.4) is 0 Å². The first kappa shape index (κ1) is 12.6. The van der Waals surface area contributed by atoms with E-state index in [1.54, 1.807) is 0 Å². The van der Waals surface area contributed by atoms with Crippen LogP contribution in [-0.4, -0.2) is 9.97 Å². The van der Waals surface area contributed by atoms with Crippen molar-refractivity contribution in [3.05, 3.63) is 52.8 Å². The summed E-state index contributed by atoms with van der Waals surface area (Å²) in [4.78, 5) is 8.73. The van der Waals surface area contributed by atoms with Crippen molar-refractivity contribution >= 4 is 29.3 Å². The smallest absolute Gasteiger partial charge is 0.227 e. The van der Waals surface area contributed by atoms with Crippen LogP contribution in [0.5, 0.6) is 0 Å². The third kappa shape index (κ3) is 3.57. The van der Waals surface area contributed by atoms with Gasteiger partial charge in [-0.15, -0.1) is 0 Å². The molecule has 0 fully saturated rings. The molecule has 0 saturated carbocycles. The molecule has 0 aliphatic heterocycles. The molecule has 2 aromatic rings. The normalized spacial score (nSPS) is 11.4. The first-order valence-electron chi connectivity index (χ1n) is 5.65. The number of nitrogens with zero attached hydrogens (tertiary/aromatic N) is 2. The van der Waals surface area contributed by atoms with E-state index in [9.17, 15) is 0 Å². The van der Waals surface area contributed by atoms with Gasteiger partial charge < -0.3 is 5.32 Å². The van der Waals surface area contributed by atoms with Crippen molar-refractivity contribution in [2.24, 2.45) is 0 Å². The van der Waals surface area contributed by atoms with Gasteiger partial charge in [0.15, 0.2) is 0 Å². The summed E-state index contributed by atoms with van der Waals surface area (Å²) in [5.41, 5.74) is 2.65. The average Bonchev–Trinajstić information content (AvgIpc) is 2.28. The van der Waals surface area contributed by atoms with Crippen LogP contribution in [0.25, 0.3) is 6.08 Å². The molecule has 4 heteroatoms. The Morgan fingerprint density at radius 2 is 1.94 bits per heavy atom. The lowest BCUT2D eigenvalue weighted by atomic mass is 10.3. The number of hydrogen-bond acceptors (Lipinski definition) is 3. The second-order valence-electron chi connectivity index (χ2n) is 3.98. The molecule has 0 radical (unpaired) electrons. The molecule has 0 saturated heterocycles. The molecule has 0 aliphatic rings. The van der Waals surface area contributed by atoms with Crippen molar-refractivity contribution in [2.75, 3.05) is 5.32 Å². The Morgan fingerprint density at radius 3 is 2.61 bits per heavy atom. The molecule has 0 amide bonds. The zero-order chi connectivity index (χ0) is 13.0. The van der Waals surface area contributed by atoms with E-state index in [1.807, 2.05) is 56.3 Å². The van der Waals surface area contributed by atoms with Crippen LogP contribution in [0.2, 0.25) is 0 Å². The van der Waals surface area contributed by atoms with Gasteiger partial charge in [0.05, 0.1) is 5.69 Å². The second kappa shape index (κ2) is 5.65.